The zero-order chi connectivity index (χ0) is 23.5. The van der Waals surface area contributed by atoms with Crippen molar-refractivity contribution < 1.29 is 49.0 Å². The number of benzene rings is 1. The minimum absolute atomic E-state index is 0.291. The van der Waals surface area contributed by atoms with E-state index >= 15 is 0 Å². The van der Waals surface area contributed by atoms with Crippen LogP contribution in [0.25, 0.3) is 0 Å². The summed E-state index contributed by atoms with van der Waals surface area (Å²) in [6.07, 6.45) is 1.78. The number of aromatic hydroxyl groups is 1. The van der Waals surface area contributed by atoms with Gasteiger partial charge in [-0.15, -0.1) is 0 Å². The second kappa shape index (κ2) is 32.3. The molecule has 0 saturated carbocycles. The summed E-state index contributed by atoms with van der Waals surface area (Å²) in [5.41, 5.74) is 3.05. The van der Waals surface area contributed by atoms with Gasteiger partial charge < -0.3 is 0 Å². The molecule has 0 saturated heterocycles. The molecule has 1 rings (SSSR count). The maximum absolute atomic E-state index is 9.50. The first kappa shape index (κ1) is 36.5. The van der Waals surface area contributed by atoms with Crippen molar-refractivity contribution in [3.63, 3.8) is 0 Å². The Balaban J connectivity index is -0.000000153. The first-order valence-electron chi connectivity index (χ1n) is 6.95. The standard InChI is InChI=1S/C15H18O2.5CO.Cr/c1-4-5-6-7-8-17-11-15-12(2)9-14(16)10-13(15)3;5*1-2;/h9-10,16H,6-8H2,1-3H3;;;;;;. The fourth-order valence-electron chi connectivity index (χ4n) is 1.79. The van der Waals surface area contributed by atoms with E-state index in [1.807, 2.05) is 20.8 Å². The fourth-order valence-corrected chi connectivity index (χ4v) is 2.42. The Hall–Kier alpha value is -2.36. The molecule has 1 aromatic rings. The summed E-state index contributed by atoms with van der Waals surface area (Å²) in [5.74, 6) is 6.16. The molecule has 0 aliphatic heterocycles. The van der Waals surface area contributed by atoms with Crippen LogP contribution in [-0.2, 0) is 43.8 Å². The van der Waals surface area contributed by atoms with Crippen LogP contribution in [0, 0.1) is 58.9 Å². The molecule has 1 N–H and O–H groups in total. The summed E-state index contributed by atoms with van der Waals surface area (Å²) in [4.78, 5) is 0. The summed E-state index contributed by atoms with van der Waals surface area (Å²) >= 11 is 2.96. The molecule has 7 nitrogen and oxygen atoms in total. The van der Waals surface area contributed by atoms with E-state index in [4.69, 9.17) is 28.0 Å². The van der Waals surface area contributed by atoms with E-state index in [0.717, 1.165) is 34.1 Å². The molecule has 0 bridgehead atoms. The first-order valence-corrected chi connectivity index (χ1v) is 7.59. The van der Waals surface area contributed by atoms with Crippen molar-refractivity contribution in [2.24, 2.45) is 0 Å². The SMILES string of the molecule is CC#CCCCO[C](=[Cr])c1c(C)cc(O)cc1C.[C-]#[O+].[C-]#[O+].[C-]#[O+].[C-]#[O+].[C-]#[O+]. The quantitative estimate of drug-likeness (QED) is 0.339. The summed E-state index contributed by atoms with van der Waals surface area (Å²) in [6, 6.07) is 3.48. The Labute approximate surface area is 173 Å². The van der Waals surface area contributed by atoms with Crippen LogP contribution in [0.15, 0.2) is 12.1 Å². The van der Waals surface area contributed by atoms with Crippen molar-refractivity contribution in [2.75, 3.05) is 6.61 Å². The van der Waals surface area contributed by atoms with Gasteiger partial charge in [-0.1, -0.05) is 0 Å². The zero-order valence-electron chi connectivity index (χ0n) is 15.6. The second-order valence-corrected chi connectivity index (χ2v) is 4.70. The number of phenolic OH excluding ortho intramolecular Hbond substituents is 1. The molecular formula is C20H18CrO7. The van der Waals surface area contributed by atoms with Crippen LogP contribution < -0.4 is 0 Å². The Morgan fingerprint density at radius 2 is 1.36 bits per heavy atom. The molecule has 8 heteroatoms. The van der Waals surface area contributed by atoms with Gasteiger partial charge in [0, 0.05) is 0 Å². The summed E-state index contributed by atoms with van der Waals surface area (Å²) in [7, 11) is 0. The average molecular weight is 422 g/mol. The Bertz CT molecular complexity index is 643. The molecule has 0 fully saturated rings. The molecular weight excluding hydrogens is 404 g/mol. The van der Waals surface area contributed by atoms with Crippen molar-refractivity contribution in [3.05, 3.63) is 62.1 Å². The van der Waals surface area contributed by atoms with E-state index in [1.165, 1.54) is 0 Å². The summed E-state index contributed by atoms with van der Waals surface area (Å²) in [6.45, 7) is 28.9. The molecule has 146 valence electrons. The third kappa shape index (κ3) is 20.0. The molecule has 0 radical (unpaired) electrons. The molecule has 0 aliphatic carbocycles. The summed E-state index contributed by atoms with van der Waals surface area (Å²) < 4.78 is 44.0. The number of hydrogen-bond acceptors (Lipinski definition) is 2. The van der Waals surface area contributed by atoms with Gasteiger partial charge in [0.25, 0.3) is 0 Å². The Morgan fingerprint density at radius 1 is 0.964 bits per heavy atom. The van der Waals surface area contributed by atoms with E-state index in [-0.39, 0.29) is 0 Å². The third-order valence-corrected chi connectivity index (χ3v) is 3.08. The number of hydrogen-bond donors (Lipinski definition) is 1. The van der Waals surface area contributed by atoms with Crippen molar-refractivity contribution in [3.8, 4) is 17.6 Å². The van der Waals surface area contributed by atoms with E-state index in [2.05, 4.69) is 60.9 Å². The molecule has 28 heavy (non-hydrogen) atoms. The van der Waals surface area contributed by atoms with Crippen LogP contribution in [0.2, 0.25) is 0 Å². The van der Waals surface area contributed by atoms with Crippen LogP contribution in [-0.4, -0.2) is 16.3 Å². The average Bonchev–Trinajstić information content (AvgIpc) is 2.74. The zero-order valence-corrected chi connectivity index (χ0v) is 16.9. The number of aryl methyl sites for hydroxylation is 2. The van der Waals surface area contributed by atoms with E-state index in [0.29, 0.717) is 12.4 Å². The second-order valence-electron chi connectivity index (χ2n) is 4.12. The molecule has 0 unspecified atom stereocenters. The van der Waals surface area contributed by atoms with Gasteiger partial charge in [-0.3, -0.25) is 0 Å². The number of unbranched alkanes of at least 4 members (excludes halogenated alkanes) is 1. The van der Waals surface area contributed by atoms with Gasteiger partial charge in [0.2, 0.25) is 0 Å². The molecule has 0 aromatic heterocycles. The number of phenols is 1. The number of rotatable bonds is 5. The van der Waals surface area contributed by atoms with Gasteiger partial charge in [0.1, 0.15) is 0 Å². The summed E-state index contributed by atoms with van der Waals surface area (Å²) in [5, 5.41) is 9.50. The van der Waals surface area contributed by atoms with Crippen molar-refractivity contribution in [1.82, 2.24) is 0 Å². The number of ether oxygens (including phenoxy) is 1. The van der Waals surface area contributed by atoms with Gasteiger partial charge in [-0.25, -0.2) is 0 Å². The van der Waals surface area contributed by atoms with Gasteiger partial charge in [-0.2, -0.15) is 0 Å². The molecule has 0 spiro atoms. The molecule has 1 aromatic carbocycles. The minimum atomic E-state index is 0.291. The topological polar surface area (TPSA) is 129 Å². The van der Waals surface area contributed by atoms with Gasteiger partial charge in [-0.05, 0) is 0 Å². The van der Waals surface area contributed by atoms with Crippen LogP contribution in [0.1, 0.15) is 36.5 Å². The predicted molar refractivity (Wildman–Crippen MR) is 90.0 cm³/mol. The van der Waals surface area contributed by atoms with Gasteiger partial charge in [0.05, 0.1) is 0 Å². The van der Waals surface area contributed by atoms with Crippen molar-refractivity contribution in [2.45, 2.75) is 33.6 Å². The van der Waals surface area contributed by atoms with E-state index < -0.39 is 0 Å². The predicted octanol–water partition coefficient (Wildman–Crippen LogP) is 2.67. The van der Waals surface area contributed by atoms with Crippen LogP contribution in [0.3, 0.4) is 0 Å². The monoisotopic (exact) mass is 422 g/mol. The van der Waals surface area contributed by atoms with Crippen molar-refractivity contribution >= 4 is 4.57 Å². The van der Waals surface area contributed by atoms with Gasteiger partial charge >= 0.3 is 173 Å². The third-order valence-electron chi connectivity index (χ3n) is 2.58. The molecule has 0 aliphatic rings. The fraction of sp³-hybridized carbons (Fsp3) is 0.300. The molecule has 0 heterocycles. The Morgan fingerprint density at radius 3 is 1.71 bits per heavy atom. The van der Waals surface area contributed by atoms with E-state index in [9.17, 15) is 5.11 Å². The van der Waals surface area contributed by atoms with Crippen LogP contribution in [0.5, 0.6) is 5.75 Å². The first-order chi connectivity index (χ1) is 13.6. The van der Waals surface area contributed by atoms with Crippen LogP contribution in [0.4, 0.5) is 0 Å². The van der Waals surface area contributed by atoms with Gasteiger partial charge in [0.15, 0.2) is 0 Å². The normalized spacial score (nSPS) is 6.61. The van der Waals surface area contributed by atoms with E-state index in [1.54, 1.807) is 12.1 Å². The molecule has 0 amide bonds. The van der Waals surface area contributed by atoms with Crippen molar-refractivity contribution in [1.29, 1.82) is 0 Å². The molecule has 0 atom stereocenters. The maximum atomic E-state index is 9.50. The Kier molecular flexibility index (Phi) is 42.2. The van der Waals surface area contributed by atoms with Crippen LogP contribution >= 0.6 is 0 Å².